The van der Waals surface area contributed by atoms with Crippen molar-refractivity contribution in [3.63, 3.8) is 0 Å². The molecule has 1 atom stereocenters. The van der Waals surface area contributed by atoms with E-state index in [0.29, 0.717) is 0 Å². The highest BCUT2D eigenvalue weighted by Gasteiger charge is 2.32. The highest BCUT2D eigenvalue weighted by atomic mass is 19.4. The largest absolute Gasteiger partial charge is 0.423 e. The van der Waals surface area contributed by atoms with E-state index in [9.17, 15) is 18.0 Å². The minimum absolute atomic E-state index is 0.230. The topological polar surface area (TPSA) is 50.4 Å². The molecule has 7 heteroatoms. The zero-order chi connectivity index (χ0) is 11.8. The monoisotopic (exact) mass is 232 g/mol. The molecule has 2 rings (SSSR count). The molecule has 1 unspecified atom stereocenters. The van der Waals surface area contributed by atoms with Crippen LogP contribution in [0.3, 0.4) is 0 Å². The Bertz CT molecular complexity index is 419. The van der Waals surface area contributed by atoms with Gasteiger partial charge in [-0.2, -0.15) is 18.6 Å². The minimum atomic E-state index is -4.41. The first-order chi connectivity index (χ1) is 7.47. The van der Waals surface area contributed by atoms with E-state index in [1.54, 1.807) is 0 Å². The molecule has 1 saturated heterocycles. The van der Waals surface area contributed by atoms with Gasteiger partial charge in [0.05, 0.1) is 5.56 Å². The molecule has 1 fully saturated rings. The van der Waals surface area contributed by atoms with E-state index in [1.165, 1.54) is 12.1 Å². The number of cyclic esters (lactones) is 1. The molecule has 0 radical (unpaired) electrons. The van der Waals surface area contributed by atoms with Crippen LogP contribution in [-0.4, -0.2) is 6.09 Å². The molecule has 0 bridgehead atoms. The van der Waals surface area contributed by atoms with E-state index in [0.717, 1.165) is 12.1 Å². The SMILES string of the molecule is O=C1NNC(c2cccc(C(F)(F)F)c2)O1. The number of benzene rings is 1. The Morgan fingerprint density at radius 1 is 1.31 bits per heavy atom. The number of hydrogen-bond acceptors (Lipinski definition) is 3. The Labute approximate surface area is 88.4 Å². The fraction of sp³-hybridized carbons (Fsp3) is 0.222. The van der Waals surface area contributed by atoms with Crippen molar-refractivity contribution in [1.82, 2.24) is 10.9 Å². The lowest BCUT2D eigenvalue weighted by molar-refractivity contribution is -0.137. The molecule has 4 nitrogen and oxygen atoms in total. The lowest BCUT2D eigenvalue weighted by Gasteiger charge is -2.11. The van der Waals surface area contributed by atoms with E-state index in [2.05, 4.69) is 15.6 Å². The van der Waals surface area contributed by atoms with Crippen LogP contribution in [0, 0.1) is 0 Å². The van der Waals surface area contributed by atoms with E-state index >= 15 is 0 Å². The molecule has 1 aromatic carbocycles. The van der Waals surface area contributed by atoms with Gasteiger partial charge in [-0.25, -0.2) is 4.79 Å². The maximum Gasteiger partial charge on any atom is 0.423 e. The summed E-state index contributed by atoms with van der Waals surface area (Å²) in [4.78, 5) is 10.7. The first-order valence-corrected chi connectivity index (χ1v) is 4.36. The van der Waals surface area contributed by atoms with Crippen molar-refractivity contribution in [2.75, 3.05) is 0 Å². The summed E-state index contributed by atoms with van der Waals surface area (Å²) >= 11 is 0. The van der Waals surface area contributed by atoms with Crippen LogP contribution >= 0.6 is 0 Å². The normalized spacial score (nSPS) is 20.4. The minimum Gasteiger partial charge on any atom is -0.423 e. The summed E-state index contributed by atoms with van der Waals surface area (Å²) in [6, 6.07) is 4.57. The number of ether oxygens (including phenoxy) is 1. The molecular formula is C9H7F3N2O2. The van der Waals surface area contributed by atoms with Gasteiger partial charge in [-0.15, -0.1) is 0 Å². The molecule has 0 spiro atoms. The summed E-state index contributed by atoms with van der Waals surface area (Å²) in [5.41, 5.74) is 3.99. The lowest BCUT2D eigenvalue weighted by Crippen LogP contribution is -2.26. The second-order valence-corrected chi connectivity index (χ2v) is 3.18. The van der Waals surface area contributed by atoms with Crippen molar-refractivity contribution in [3.05, 3.63) is 35.4 Å². The van der Waals surface area contributed by atoms with Crippen molar-refractivity contribution < 1.29 is 22.7 Å². The van der Waals surface area contributed by atoms with E-state index in [1.807, 2.05) is 0 Å². The van der Waals surface area contributed by atoms with Gasteiger partial charge in [0.15, 0.2) is 6.23 Å². The second kappa shape index (κ2) is 3.67. The third kappa shape index (κ3) is 2.08. The number of carbonyl (C=O) groups excluding carboxylic acids is 1. The van der Waals surface area contributed by atoms with Gasteiger partial charge >= 0.3 is 12.3 Å². The van der Waals surface area contributed by atoms with E-state index < -0.39 is 24.1 Å². The van der Waals surface area contributed by atoms with E-state index in [-0.39, 0.29) is 5.56 Å². The molecule has 1 aliphatic rings. The maximum absolute atomic E-state index is 12.4. The number of alkyl halides is 3. The molecule has 86 valence electrons. The highest BCUT2D eigenvalue weighted by molar-refractivity contribution is 5.68. The Morgan fingerprint density at radius 2 is 2.06 bits per heavy atom. The van der Waals surface area contributed by atoms with Gasteiger partial charge in [0.2, 0.25) is 0 Å². The van der Waals surface area contributed by atoms with Crippen LogP contribution in [-0.2, 0) is 10.9 Å². The molecule has 0 aliphatic carbocycles. The van der Waals surface area contributed by atoms with Gasteiger partial charge in [0.25, 0.3) is 0 Å². The Balaban J connectivity index is 2.26. The zero-order valence-corrected chi connectivity index (χ0v) is 7.84. The zero-order valence-electron chi connectivity index (χ0n) is 7.84. The predicted octanol–water partition coefficient (Wildman–Crippen LogP) is 1.95. The van der Waals surface area contributed by atoms with Crippen molar-refractivity contribution in [3.8, 4) is 0 Å². The second-order valence-electron chi connectivity index (χ2n) is 3.18. The number of rotatable bonds is 1. The van der Waals surface area contributed by atoms with Crippen LogP contribution in [0.4, 0.5) is 18.0 Å². The molecular weight excluding hydrogens is 225 g/mol. The number of carbonyl (C=O) groups is 1. The third-order valence-electron chi connectivity index (χ3n) is 2.05. The Morgan fingerprint density at radius 3 is 2.62 bits per heavy atom. The summed E-state index contributed by atoms with van der Waals surface area (Å²) in [5, 5.41) is 0. The highest BCUT2D eigenvalue weighted by Crippen LogP contribution is 2.31. The molecule has 16 heavy (non-hydrogen) atoms. The van der Waals surface area contributed by atoms with E-state index in [4.69, 9.17) is 0 Å². The van der Waals surface area contributed by atoms with Gasteiger partial charge in [0, 0.05) is 5.56 Å². The molecule has 1 heterocycles. The van der Waals surface area contributed by atoms with Crippen molar-refractivity contribution in [2.24, 2.45) is 0 Å². The fourth-order valence-electron chi connectivity index (χ4n) is 1.32. The molecule has 1 amide bonds. The van der Waals surface area contributed by atoms with Crippen molar-refractivity contribution >= 4 is 6.09 Å². The number of amides is 1. The van der Waals surface area contributed by atoms with Crippen LogP contribution in [0.2, 0.25) is 0 Å². The predicted molar refractivity (Wildman–Crippen MR) is 46.9 cm³/mol. The summed E-state index contributed by atoms with van der Waals surface area (Å²) in [6.45, 7) is 0. The van der Waals surface area contributed by atoms with Crippen molar-refractivity contribution in [1.29, 1.82) is 0 Å². The molecule has 2 N–H and O–H groups in total. The maximum atomic E-state index is 12.4. The first kappa shape index (κ1) is 10.7. The number of hydrazine groups is 1. The third-order valence-corrected chi connectivity index (χ3v) is 2.05. The van der Waals surface area contributed by atoms with Crippen LogP contribution < -0.4 is 10.9 Å². The van der Waals surface area contributed by atoms with Crippen molar-refractivity contribution in [2.45, 2.75) is 12.4 Å². The molecule has 0 saturated carbocycles. The summed E-state index contributed by atoms with van der Waals surface area (Å²) in [7, 11) is 0. The number of halogens is 3. The molecule has 1 aliphatic heterocycles. The Hall–Kier alpha value is -1.76. The van der Waals surface area contributed by atoms with Crippen LogP contribution in [0.15, 0.2) is 24.3 Å². The van der Waals surface area contributed by atoms with Crippen LogP contribution in [0.5, 0.6) is 0 Å². The van der Waals surface area contributed by atoms with Gasteiger partial charge in [-0.05, 0) is 12.1 Å². The molecule has 0 aromatic heterocycles. The van der Waals surface area contributed by atoms with Gasteiger partial charge in [-0.3, -0.25) is 5.43 Å². The van der Waals surface area contributed by atoms with Gasteiger partial charge < -0.3 is 4.74 Å². The number of nitrogens with one attached hydrogen (secondary N) is 2. The summed E-state index contributed by atoms with van der Waals surface area (Å²) in [6.07, 6.45) is -6.02. The first-order valence-electron chi connectivity index (χ1n) is 4.36. The average Bonchev–Trinajstić information content (AvgIpc) is 2.64. The number of hydrogen-bond donors (Lipinski definition) is 2. The van der Waals surface area contributed by atoms with Gasteiger partial charge in [0.1, 0.15) is 0 Å². The fourth-order valence-corrected chi connectivity index (χ4v) is 1.32. The smallest absolute Gasteiger partial charge is 0.423 e. The quantitative estimate of drug-likeness (QED) is 0.778. The van der Waals surface area contributed by atoms with Gasteiger partial charge in [-0.1, -0.05) is 12.1 Å². The Kier molecular flexibility index (Phi) is 2.47. The lowest BCUT2D eigenvalue weighted by atomic mass is 10.1. The van der Waals surface area contributed by atoms with Crippen LogP contribution in [0.25, 0.3) is 0 Å². The standard InChI is InChI=1S/C9H7F3N2O2/c10-9(11,12)6-3-1-2-5(4-6)7-13-14-8(15)16-7/h1-4,7,13H,(H,14,15). The average molecular weight is 232 g/mol. The van der Waals surface area contributed by atoms with Crippen LogP contribution in [0.1, 0.15) is 17.4 Å². The molecule has 1 aromatic rings. The summed E-state index contributed by atoms with van der Waals surface area (Å²) < 4.78 is 41.8. The summed E-state index contributed by atoms with van der Waals surface area (Å²) in [5.74, 6) is 0.